The number of carboxylic acids is 1. The summed E-state index contributed by atoms with van der Waals surface area (Å²) in [6, 6.07) is 17.9. The number of carbonyl (C=O) groups is 4. The number of halogens is 5. The van der Waals surface area contributed by atoms with Gasteiger partial charge in [0.25, 0.3) is 0 Å². The van der Waals surface area contributed by atoms with Crippen molar-refractivity contribution in [1.82, 2.24) is 10.5 Å². The van der Waals surface area contributed by atoms with E-state index < -0.39 is 47.5 Å². The fourth-order valence-electron chi connectivity index (χ4n) is 8.81. The minimum absolute atomic E-state index is 0.0107. The van der Waals surface area contributed by atoms with E-state index in [1.807, 2.05) is 132 Å². The molecule has 3 aromatic carbocycles. The highest BCUT2D eigenvalue weighted by Gasteiger charge is 2.36. The Kier molecular flexibility index (Phi) is 34.5. The van der Waals surface area contributed by atoms with Crippen molar-refractivity contribution >= 4 is 113 Å². The van der Waals surface area contributed by atoms with E-state index in [9.17, 15) is 24.4 Å². The minimum atomic E-state index is -0.845. The van der Waals surface area contributed by atoms with Crippen molar-refractivity contribution in [2.24, 2.45) is 5.73 Å². The maximum Gasteiger partial charge on any atom is 0.373 e. The number of aliphatic carboxylic acids is 1. The van der Waals surface area contributed by atoms with E-state index in [1.54, 1.807) is 13.6 Å². The van der Waals surface area contributed by atoms with Gasteiger partial charge in [0, 0.05) is 89.6 Å². The molecule has 3 aromatic rings. The number of aryl methyl sites for hydroxylation is 3. The number of hydrogen-bond acceptors (Lipinski definition) is 14. The van der Waals surface area contributed by atoms with E-state index in [1.165, 1.54) is 0 Å². The molecule has 0 saturated heterocycles. The van der Waals surface area contributed by atoms with Gasteiger partial charge in [-0.05, 0) is 159 Å². The average Bonchev–Trinajstić information content (AvgIpc) is 3.31. The van der Waals surface area contributed by atoms with Crippen LogP contribution in [0.25, 0.3) is 0 Å². The number of esters is 2. The Balaban J connectivity index is 0.00000111. The lowest BCUT2D eigenvalue weighted by Gasteiger charge is -2.34. The van der Waals surface area contributed by atoms with Crippen LogP contribution in [0.5, 0.6) is 0 Å². The van der Waals surface area contributed by atoms with Crippen LogP contribution in [0, 0.1) is 20.8 Å². The zero-order chi connectivity index (χ0) is 60.2. The zero-order valence-corrected chi connectivity index (χ0v) is 52.5. The number of ether oxygens (including phenoxy) is 2. The monoisotopic (exact) mass is 1190 g/mol. The molecule has 440 valence electrons. The van der Waals surface area contributed by atoms with E-state index in [0.29, 0.717) is 61.7 Å². The number of alkyl halides is 5. The Morgan fingerprint density at radius 1 is 0.590 bits per heavy atom. The van der Waals surface area contributed by atoms with E-state index in [4.69, 9.17) is 88.8 Å². The number of nitrogens with zero attached hydrogens (tertiary/aromatic N) is 2. The van der Waals surface area contributed by atoms with Gasteiger partial charge in [-0.15, -0.1) is 58.0 Å². The number of rotatable bonds is 27. The Labute approximate surface area is 492 Å². The summed E-state index contributed by atoms with van der Waals surface area (Å²) >= 11 is 28.4. The Morgan fingerprint density at radius 2 is 0.910 bits per heavy atom. The molecular formula is C56H91B2Cl5N6O9. The summed E-state index contributed by atoms with van der Waals surface area (Å²) in [7, 11) is -1.32. The molecule has 15 nitrogen and oxygen atoms in total. The molecule has 0 aliphatic carbocycles. The second-order valence-electron chi connectivity index (χ2n) is 22.2. The summed E-state index contributed by atoms with van der Waals surface area (Å²) in [4.78, 5) is 49.4. The molecular weight excluding hydrogens is 1100 g/mol. The highest BCUT2D eigenvalue weighted by molar-refractivity contribution is 6.45. The van der Waals surface area contributed by atoms with Gasteiger partial charge in [-0.1, -0.05) is 39.0 Å². The Morgan fingerprint density at radius 3 is 1.17 bits per heavy atom. The third kappa shape index (κ3) is 28.3. The van der Waals surface area contributed by atoms with Crippen molar-refractivity contribution in [2.75, 3.05) is 90.7 Å². The van der Waals surface area contributed by atoms with Gasteiger partial charge in [0.2, 0.25) is 0 Å². The maximum atomic E-state index is 12.6. The maximum absolute atomic E-state index is 12.6. The van der Waals surface area contributed by atoms with E-state index >= 15 is 0 Å². The molecule has 0 aliphatic heterocycles. The number of hydrogen-bond donors (Lipinski definition) is 7. The average molecular weight is 1190 g/mol. The third-order valence-electron chi connectivity index (χ3n) is 12.3. The Bertz CT molecular complexity index is 2280. The van der Waals surface area contributed by atoms with Crippen molar-refractivity contribution in [3.05, 3.63) is 88.0 Å². The SMILES string of the molecule is CB(O)NCC(C)(CC(=O)OC(C)(C)C)c1ccc(N(CCCl)CCCl)cc1C.CB(O)NCC(C)(CC(=O)OC(C)(C)C)c1ccc(N)cc1C.Cc1cc(N(CCCl)CCCl)ccc1C(C)(CN)CC(=O)O.O=CCCl. The molecule has 0 radical (unpaired) electrons. The number of anilines is 3. The molecule has 3 rings (SSSR count). The second-order valence-corrected chi connectivity index (χ2v) is 24.0. The van der Waals surface area contributed by atoms with Gasteiger partial charge >= 0.3 is 32.0 Å². The molecule has 0 bridgehead atoms. The number of benzene rings is 3. The highest BCUT2D eigenvalue weighted by Crippen LogP contribution is 2.35. The van der Waals surface area contributed by atoms with Gasteiger partial charge < -0.3 is 61.1 Å². The number of nitrogen functional groups attached to an aromatic ring is 1. The molecule has 78 heavy (non-hydrogen) atoms. The lowest BCUT2D eigenvalue weighted by atomic mass is 9.75. The summed E-state index contributed by atoms with van der Waals surface area (Å²) in [6.07, 6.45) is 1.07. The minimum Gasteiger partial charge on any atom is -0.481 e. The van der Waals surface area contributed by atoms with Crippen LogP contribution in [-0.4, -0.2) is 140 Å². The summed E-state index contributed by atoms with van der Waals surface area (Å²) in [5.74, 6) is 0.834. The number of nitrogens with one attached hydrogen (secondary N) is 2. The molecule has 9 N–H and O–H groups in total. The smallest absolute Gasteiger partial charge is 0.373 e. The van der Waals surface area contributed by atoms with Crippen molar-refractivity contribution in [2.45, 2.75) is 143 Å². The lowest BCUT2D eigenvalue weighted by Crippen LogP contribution is -2.44. The van der Waals surface area contributed by atoms with Gasteiger partial charge in [-0.25, -0.2) is 0 Å². The molecule has 3 unspecified atom stereocenters. The van der Waals surface area contributed by atoms with Gasteiger partial charge in [-0.2, -0.15) is 0 Å². The first kappa shape index (κ1) is 74.5. The number of carbonyl (C=O) groups excluding carboxylic acids is 3. The summed E-state index contributed by atoms with van der Waals surface area (Å²) in [5, 5.41) is 34.5. The fourth-order valence-corrected chi connectivity index (χ4v) is 9.63. The largest absolute Gasteiger partial charge is 0.481 e. The van der Waals surface area contributed by atoms with Crippen LogP contribution in [0.2, 0.25) is 13.6 Å². The first-order valence-corrected chi connectivity index (χ1v) is 28.8. The van der Waals surface area contributed by atoms with Crippen LogP contribution < -0.4 is 31.7 Å². The van der Waals surface area contributed by atoms with E-state index in [0.717, 1.165) is 57.8 Å². The summed E-state index contributed by atoms with van der Waals surface area (Å²) < 4.78 is 11.0. The van der Waals surface area contributed by atoms with Crippen LogP contribution in [0.1, 0.15) is 115 Å². The quantitative estimate of drug-likeness (QED) is 0.0124. The second kappa shape index (κ2) is 36.1. The van der Waals surface area contributed by atoms with Crippen molar-refractivity contribution < 1.29 is 43.8 Å². The number of carboxylic acid groups (broad SMARTS) is 1. The Hall–Kier alpha value is -3.48. The number of nitrogens with two attached hydrogens (primary N) is 2. The number of aldehydes is 1. The third-order valence-corrected chi connectivity index (χ3v) is 13.1. The molecule has 0 heterocycles. The molecule has 0 saturated carbocycles. The van der Waals surface area contributed by atoms with Gasteiger partial charge in [0.05, 0.1) is 25.1 Å². The van der Waals surface area contributed by atoms with Gasteiger partial charge in [0.15, 0.2) is 0 Å². The molecule has 0 fully saturated rings. The van der Waals surface area contributed by atoms with E-state index in [-0.39, 0.29) is 43.6 Å². The van der Waals surface area contributed by atoms with Crippen LogP contribution in [0.3, 0.4) is 0 Å². The van der Waals surface area contributed by atoms with Crippen LogP contribution >= 0.6 is 58.0 Å². The standard InChI is InChI=1S/C21H35BCl2N2O3.C17H29BN2O3.C16H24Cl2N2O2.C2H3ClO/c1-16-13-17(26(11-9-23)12-10-24)7-8-18(16)21(5,15-25-22(6)28)14-19(27)29-20(2,3)4;1-12-9-13(19)7-8-14(12)17(5,11-20-18(6)22)10-15(21)23-16(2,3)4;1-12-9-13(20(7-5-17)8-6-18)3-4-14(12)16(2,11-19)10-15(21)22;3-1-2-4/h7-8,13,25,28H,9-12,14-15H2,1-6H3;7-9,20,22H,10-11,19H2,1-6H3;3-4,9H,5-8,10-11,19H2,1-2H3,(H,21,22);2H,1H2. The van der Waals surface area contributed by atoms with Crippen molar-refractivity contribution in [3.63, 3.8) is 0 Å². The predicted molar refractivity (Wildman–Crippen MR) is 330 cm³/mol. The zero-order valence-electron chi connectivity index (χ0n) is 48.8. The molecule has 3 atom stereocenters. The topological polar surface area (TPSA) is 230 Å². The molecule has 22 heteroatoms. The highest BCUT2D eigenvalue weighted by atomic mass is 35.5. The first-order valence-electron chi connectivity index (χ1n) is 26.1. The van der Waals surface area contributed by atoms with Crippen LogP contribution in [-0.2, 0) is 44.9 Å². The summed E-state index contributed by atoms with van der Waals surface area (Å²) in [6.45, 7) is 30.4. The van der Waals surface area contributed by atoms with Gasteiger partial charge in [-0.3, -0.25) is 14.4 Å². The molecule has 0 spiro atoms. The molecule has 0 amide bonds. The van der Waals surface area contributed by atoms with Crippen molar-refractivity contribution in [3.8, 4) is 0 Å². The molecule has 0 aliphatic rings. The first-order chi connectivity index (χ1) is 36.1. The van der Waals surface area contributed by atoms with Gasteiger partial charge in [0.1, 0.15) is 17.5 Å². The fraction of sp³-hybridized carbons (Fsp3) is 0.607. The van der Waals surface area contributed by atoms with Crippen LogP contribution in [0.15, 0.2) is 54.6 Å². The molecule has 0 aromatic heterocycles. The van der Waals surface area contributed by atoms with E-state index in [2.05, 4.69) is 26.3 Å². The lowest BCUT2D eigenvalue weighted by molar-refractivity contribution is -0.157. The normalized spacial score (nSPS) is 13.5. The van der Waals surface area contributed by atoms with Crippen molar-refractivity contribution in [1.29, 1.82) is 0 Å². The summed E-state index contributed by atoms with van der Waals surface area (Å²) in [5.41, 5.74) is 17.9. The predicted octanol–water partition coefficient (Wildman–Crippen LogP) is 9.63. The van der Waals surface area contributed by atoms with Crippen LogP contribution in [0.4, 0.5) is 17.1 Å².